The molecule has 0 atom stereocenters. The lowest BCUT2D eigenvalue weighted by Crippen LogP contribution is -2.58. The summed E-state index contributed by atoms with van der Waals surface area (Å²) in [7, 11) is -2.55. The maximum absolute atomic E-state index is 8.60. The van der Waals surface area contributed by atoms with Crippen molar-refractivity contribution < 1.29 is 28.9 Å². The van der Waals surface area contributed by atoms with Gasteiger partial charge in [0.25, 0.3) is 0 Å². The third-order valence-corrected chi connectivity index (χ3v) is 2.22. The van der Waals surface area contributed by atoms with E-state index in [1.165, 1.54) is 18.7 Å². The molecule has 0 spiro atoms. The first-order valence-corrected chi connectivity index (χ1v) is 5.66. The highest BCUT2D eigenvalue weighted by molar-refractivity contribution is 5.18. The summed E-state index contributed by atoms with van der Waals surface area (Å²) in [6, 6.07) is 0. The molecule has 0 bridgehead atoms. The van der Waals surface area contributed by atoms with Crippen molar-refractivity contribution in [1.29, 1.82) is 0 Å². The van der Waals surface area contributed by atoms with Gasteiger partial charge in [-0.25, -0.2) is 0 Å². The molecular formula is C9H16ClNO4. The fourth-order valence-corrected chi connectivity index (χ4v) is 1.35. The molecule has 1 rings (SSSR count). The van der Waals surface area contributed by atoms with Gasteiger partial charge in [0.1, 0.15) is 0 Å². The molecule has 0 aromatic carbocycles. The average Bonchev–Trinajstić information content (AvgIpc) is 2.34. The minimum Gasteiger partial charge on any atom is -0.378 e. The molecule has 0 saturated heterocycles. The summed E-state index contributed by atoms with van der Waals surface area (Å²) in [5.41, 5.74) is 3.00. The molecular weight excluding hydrogens is 222 g/mol. The van der Waals surface area contributed by atoms with Crippen molar-refractivity contribution in [2.45, 2.75) is 19.8 Å². The Morgan fingerprint density at radius 3 is 2.27 bits per heavy atom. The third-order valence-electron chi connectivity index (χ3n) is 2.22. The second-order valence-electron chi connectivity index (χ2n) is 3.25. The van der Waals surface area contributed by atoms with E-state index in [1.807, 2.05) is 6.08 Å². The molecule has 0 radical (unpaired) electrons. The molecule has 0 fully saturated rings. The van der Waals surface area contributed by atoms with Gasteiger partial charge in [-0.3, -0.25) is 0 Å². The Labute approximate surface area is 91.7 Å². The first-order chi connectivity index (χ1) is 6.75. The number of hydrogen-bond donors (Lipinski definition) is 1. The van der Waals surface area contributed by atoms with Crippen LogP contribution in [0.3, 0.4) is 0 Å². The summed E-state index contributed by atoms with van der Waals surface area (Å²) in [6.07, 6.45) is 4.28. The van der Waals surface area contributed by atoms with Crippen LogP contribution < -0.4 is 14.0 Å². The van der Waals surface area contributed by atoms with Crippen LogP contribution in [0, 0.1) is 10.2 Å². The zero-order valence-electron chi connectivity index (χ0n) is 8.90. The first-order valence-electron chi connectivity index (χ1n) is 4.39. The number of rotatable bonds is 2. The summed E-state index contributed by atoms with van der Waals surface area (Å²) in [5.74, 6) is 0. The fourth-order valence-electron chi connectivity index (χ4n) is 1.35. The second-order valence-corrected chi connectivity index (χ2v) is 4.04. The van der Waals surface area contributed by atoms with E-state index in [4.69, 9.17) is 18.6 Å². The lowest BCUT2D eigenvalue weighted by molar-refractivity contribution is -1.92. The van der Waals surface area contributed by atoms with Crippen molar-refractivity contribution in [1.82, 2.24) is 4.90 Å². The summed E-state index contributed by atoms with van der Waals surface area (Å²) >= 11 is 0. The van der Waals surface area contributed by atoms with Crippen LogP contribution in [-0.4, -0.2) is 23.2 Å². The third kappa shape index (κ3) is 7.35. The van der Waals surface area contributed by atoms with Crippen molar-refractivity contribution in [3.05, 3.63) is 23.9 Å². The van der Waals surface area contributed by atoms with Crippen LogP contribution in [0.2, 0.25) is 0 Å². The Morgan fingerprint density at radius 2 is 2.00 bits per heavy atom. The summed E-state index contributed by atoms with van der Waals surface area (Å²) in [6.45, 7) is 7.11. The lowest BCUT2D eigenvalue weighted by Gasteiger charge is -2.11. The molecule has 1 aliphatic heterocycles. The van der Waals surface area contributed by atoms with Gasteiger partial charge in [-0.15, -0.1) is 6.58 Å². The molecule has 1 aliphatic rings. The zero-order chi connectivity index (χ0) is 12.1. The Kier molecular flexibility index (Phi) is 5.85. The molecule has 0 amide bonds. The quantitative estimate of drug-likeness (QED) is 0.564. The predicted octanol–water partition coefficient (Wildman–Crippen LogP) is -1.95. The van der Waals surface area contributed by atoms with Gasteiger partial charge < -0.3 is 4.90 Å². The Morgan fingerprint density at radius 1 is 1.53 bits per heavy atom. The van der Waals surface area contributed by atoms with E-state index in [9.17, 15) is 0 Å². The molecule has 6 heteroatoms. The van der Waals surface area contributed by atoms with E-state index < -0.39 is 10.2 Å². The highest BCUT2D eigenvalue weighted by Gasteiger charge is 2.12. The zero-order valence-corrected chi connectivity index (χ0v) is 9.66. The van der Waals surface area contributed by atoms with Gasteiger partial charge in [0.15, 0.2) is 0 Å². The minimum absolute atomic E-state index is 1.07. The molecule has 5 nitrogen and oxygen atoms in total. The van der Waals surface area contributed by atoms with Crippen molar-refractivity contribution >= 4 is 0 Å². The lowest BCUT2D eigenvalue weighted by atomic mass is 10.1. The SMILES string of the molecule is C=CCC1=C(C)N(C)CC1.[O-][Cl+3]([O-])([O-])O. The van der Waals surface area contributed by atoms with Gasteiger partial charge in [0, 0.05) is 19.3 Å². The van der Waals surface area contributed by atoms with Crippen LogP contribution in [0.25, 0.3) is 0 Å². The molecule has 0 aromatic rings. The van der Waals surface area contributed by atoms with Gasteiger partial charge >= 0.3 is 0 Å². The Bertz CT molecular complexity index is 241. The van der Waals surface area contributed by atoms with E-state index in [-0.39, 0.29) is 0 Å². The molecule has 1 N–H and O–H groups in total. The molecule has 15 heavy (non-hydrogen) atoms. The van der Waals surface area contributed by atoms with Gasteiger partial charge in [-0.05, 0) is 25.3 Å². The van der Waals surface area contributed by atoms with Gasteiger partial charge in [-0.1, -0.05) is 6.08 Å². The van der Waals surface area contributed by atoms with E-state index in [1.54, 1.807) is 5.57 Å². The average molecular weight is 238 g/mol. The molecule has 0 saturated carbocycles. The monoisotopic (exact) mass is 237 g/mol. The normalized spacial score (nSPS) is 16.3. The molecule has 0 unspecified atom stereocenters. The van der Waals surface area contributed by atoms with E-state index in [0.29, 0.717) is 0 Å². The summed E-state index contributed by atoms with van der Waals surface area (Å²) in [5, 5.41) is 0. The maximum atomic E-state index is 8.60. The van der Waals surface area contributed by atoms with Crippen LogP contribution in [0.5, 0.6) is 0 Å². The molecule has 1 heterocycles. The predicted molar refractivity (Wildman–Crippen MR) is 47.0 cm³/mol. The van der Waals surface area contributed by atoms with Crippen LogP contribution >= 0.6 is 0 Å². The van der Waals surface area contributed by atoms with E-state index in [0.717, 1.165) is 6.42 Å². The molecule has 0 aliphatic carbocycles. The fraction of sp³-hybridized carbons (Fsp3) is 0.556. The molecule has 88 valence electrons. The number of nitrogens with zero attached hydrogens (tertiary/aromatic N) is 1. The maximum Gasteiger partial charge on any atom is 0.0777 e. The van der Waals surface area contributed by atoms with E-state index in [2.05, 4.69) is 25.5 Å². The summed E-state index contributed by atoms with van der Waals surface area (Å²) < 4.78 is 32.7. The Hall–Kier alpha value is -0.590. The van der Waals surface area contributed by atoms with Crippen molar-refractivity contribution in [3.8, 4) is 0 Å². The van der Waals surface area contributed by atoms with E-state index >= 15 is 0 Å². The van der Waals surface area contributed by atoms with Crippen molar-refractivity contribution in [3.63, 3.8) is 0 Å². The van der Waals surface area contributed by atoms with Gasteiger partial charge in [-0.2, -0.15) is 14.0 Å². The standard InChI is InChI=1S/C9H15N.ClHO4/c1-4-5-9-6-7-10(3)8(9)2;2-1(3,4)5/h4H,1,5-7H2,2-3H3;(H,2,3,4,5). The number of hydrogen-bond acceptors (Lipinski definition) is 5. The first kappa shape index (κ1) is 14.4. The topological polar surface area (TPSA) is 92.7 Å². The largest absolute Gasteiger partial charge is 0.378 e. The molecule has 0 aromatic heterocycles. The highest BCUT2D eigenvalue weighted by Crippen LogP contribution is 2.22. The van der Waals surface area contributed by atoms with Crippen LogP contribution in [0.1, 0.15) is 19.8 Å². The van der Waals surface area contributed by atoms with Gasteiger partial charge in [0.2, 0.25) is 0 Å². The minimum atomic E-state index is -4.69. The summed E-state index contributed by atoms with van der Waals surface area (Å²) in [4.78, 5) is 2.30. The van der Waals surface area contributed by atoms with Gasteiger partial charge in [0.05, 0.1) is 14.9 Å². The second kappa shape index (κ2) is 6.09. The van der Waals surface area contributed by atoms with Crippen LogP contribution in [0.15, 0.2) is 23.9 Å². The van der Waals surface area contributed by atoms with Crippen LogP contribution in [0.4, 0.5) is 0 Å². The number of halogens is 1. The van der Waals surface area contributed by atoms with Crippen molar-refractivity contribution in [2.75, 3.05) is 13.6 Å². The number of allylic oxidation sites excluding steroid dienone is 2. The smallest absolute Gasteiger partial charge is 0.0777 e. The highest BCUT2D eigenvalue weighted by atomic mass is 35.7. The Balaban J connectivity index is 0.000000336. The van der Waals surface area contributed by atoms with Crippen LogP contribution in [-0.2, 0) is 0 Å². The van der Waals surface area contributed by atoms with Crippen molar-refractivity contribution in [2.24, 2.45) is 0 Å².